The third-order valence-electron chi connectivity index (χ3n) is 5.68. The minimum Gasteiger partial charge on any atom is -0.207 e. The Morgan fingerprint density at radius 3 is 2.37 bits per heavy atom. The molecule has 2 atom stereocenters. The lowest BCUT2D eigenvalue weighted by atomic mass is 9.74. The number of aryl methyl sites for hydroxylation is 1. The number of allylic oxidation sites excluding steroid dienone is 1. The molecule has 1 aliphatic carbocycles. The van der Waals surface area contributed by atoms with E-state index < -0.39 is 10.0 Å². The minimum atomic E-state index is -3.48. The Labute approximate surface area is 162 Å². The summed E-state index contributed by atoms with van der Waals surface area (Å²) in [5, 5.41) is 0. The fourth-order valence-corrected chi connectivity index (χ4v) is 5.82. The van der Waals surface area contributed by atoms with Crippen molar-refractivity contribution in [2.24, 2.45) is 5.92 Å². The van der Waals surface area contributed by atoms with Crippen LogP contribution in [0, 0.1) is 12.8 Å². The van der Waals surface area contributed by atoms with Crippen molar-refractivity contribution in [3.8, 4) is 0 Å². The van der Waals surface area contributed by atoms with Gasteiger partial charge in [0.05, 0.1) is 4.90 Å². The summed E-state index contributed by atoms with van der Waals surface area (Å²) in [6.45, 7) is 5.04. The topological polar surface area (TPSA) is 37.4 Å². The van der Waals surface area contributed by atoms with Gasteiger partial charge in [-0.2, -0.15) is 4.31 Å². The molecule has 0 saturated carbocycles. The second-order valence-electron chi connectivity index (χ2n) is 7.58. The Kier molecular flexibility index (Phi) is 4.79. The maximum absolute atomic E-state index is 13.1. The molecule has 0 radical (unpaired) electrons. The molecule has 0 bridgehead atoms. The zero-order chi connectivity index (χ0) is 19.0. The van der Waals surface area contributed by atoms with Gasteiger partial charge >= 0.3 is 0 Å². The van der Waals surface area contributed by atoms with Gasteiger partial charge in [0.15, 0.2) is 0 Å². The molecular weight excluding hydrogens is 354 g/mol. The van der Waals surface area contributed by atoms with Crippen molar-refractivity contribution < 1.29 is 8.42 Å². The molecule has 0 N–H and O–H groups in total. The van der Waals surface area contributed by atoms with Crippen molar-refractivity contribution in [3.05, 3.63) is 89.0 Å². The molecule has 1 heterocycles. The Hall–Kier alpha value is -2.17. The van der Waals surface area contributed by atoms with Crippen LogP contribution in [-0.4, -0.2) is 25.8 Å². The van der Waals surface area contributed by atoms with Gasteiger partial charge in [0.2, 0.25) is 10.0 Å². The fourth-order valence-electron chi connectivity index (χ4n) is 4.32. The van der Waals surface area contributed by atoms with Crippen LogP contribution in [0.25, 0.3) is 0 Å². The average molecular weight is 380 g/mol. The lowest BCUT2D eigenvalue weighted by Gasteiger charge is -2.39. The van der Waals surface area contributed by atoms with Crippen molar-refractivity contribution in [2.75, 3.05) is 13.1 Å². The number of rotatable bonds is 3. The summed E-state index contributed by atoms with van der Waals surface area (Å²) >= 11 is 0. The third kappa shape index (κ3) is 3.40. The highest BCUT2D eigenvalue weighted by atomic mass is 32.2. The molecule has 140 valence electrons. The van der Waals surface area contributed by atoms with E-state index in [0.29, 0.717) is 23.9 Å². The van der Waals surface area contributed by atoms with E-state index in [-0.39, 0.29) is 5.92 Å². The molecule has 0 amide bonds. The second kappa shape index (κ2) is 7.10. The molecule has 0 spiro atoms. The van der Waals surface area contributed by atoms with Gasteiger partial charge in [-0.05, 0) is 38.0 Å². The Morgan fingerprint density at radius 2 is 1.67 bits per heavy atom. The van der Waals surface area contributed by atoms with Gasteiger partial charge in [0, 0.05) is 24.9 Å². The molecule has 2 aromatic rings. The first-order valence-corrected chi connectivity index (χ1v) is 10.9. The van der Waals surface area contributed by atoms with E-state index >= 15 is 0 Å². The van der Waals surface area contributed by atoms with Crippen LogP contribution in [0.1, 0.15) is 30.4 Å². The molecule has 27 heavy (non-hydrogen) atoms. The molecule has 2 aromatic carbocycles. The molecule has 1 aliphatic heterocycles. The summed E-state index contributed by atoms with van der Waals surface area (Å²) in [6, 6.07) is 17.7. The zero-order valence-corrected chi connectivity index (χ0v) is 16.6. The predicted octanol–water partition coefficient (Wildman–Crippen LogP) is 4.68. The van der Waals surface area contributed by atoms with E-state index in [9.17, 15) is 8.42 Å². The summed E-state index contributed by atoms with van der Waals surface area (Å²) in [5.74, 6) is 0.503. The van der Waals surface area contributed by atoms with Gasteiger partial charge in [0.1, 0.15) is 0 Å². The number of hydrogen-bond acceptors (Lipinski definition) is 2. The number of benzene rings is 2. The Bertz CT molecular complexity index is 988. The van der Waals surface area contributed by atoms with E-state index in [2.05, 4.69) is 43.3 Å². The first kappa shape index (κ1) is 18.2. The van der Waals surface area contributed by atoms with Crippen LogP contribution >= 0.6 is 0 Å². The quantitative estimate of drug-likeness (QED) is 0.727. The van der Waals surface area contributed by atoms with Crippen LogP contribution in [0.3, 0.4) is 0 Å². The molecule has 0 aromatic heterocycles. The van der Waals surface area contributed by atoms with Crippen molar-refractivity contribution in [2.45, 2.75) is 31.1 Å². The summed E-state index contributed by atoms with van der Waals surface area (Å²) in [4.78, 5) is 0.378. The van der Waals surface area contributed by atoms with Crippen LogP contribution in [0.15, 0.2) is 82.8 Å². The number of sulfonamides is 1. The SMILES string of the molecule is CC1=C2[C@H](c3ccccc3)CC=C[C@H]2CN(S(=O)(=O)c2ccc(C)cc2)C1. The van der Waals surface area contributed by atoms with Gasteiger partial charge in [-0.25, -0.2) is 8.42 Å². The lowest BCUT2D eigenvalue weighted by molar-refractivity contribution is 0.372. The van der Waals surface area contributed by atoms with Gasteiger partial charge in [0.25, 0.3) is 0 Å². The highest BCUT2D eigenvalue weighted by molar-refractivity contribution is 7.89. The first-order valence-electron chi connectivity index (χ1n) is 9.45. The zero-order valence-electron chi connectivity index (χ0n) is 15.8. The van der Waals surface area contributed by atoms with E-state index in [0.717, 1.165) is 12.0 Å². The molecule has 2 aliphatic rings. The summed E-state index contributed by atoms with van der Waals surface area (Å²) in [6.07, 6.45) is 5.38. The lowest BCUT2D eigenvalue weighted by Crippen LogP contribution is -2.42. The van der Waals surface area contributed by atoms with E-state index in [1.807, 2.05) is 25.1 Å². The van der Waals surface area contributed by atoms with Crippen LogP contribution in [0.2, 0.25) is 0 Å². The van der Waals surface area contributed by atoms with Crippen LogP contribution in [0.4, 0.5) is 0 Å². The molecule has 0 unspecified atom stereocenters. The smallest absolute Gasteiger partial charge is 0.207 e. The van der Waals surface area contributed by atoms with Crippen molar-refractivity contribution in [3.63, 3.8) is 0 Å². The summed E-state index contributed by atoms with van der Waals surface area (Å²) in [5.41, 5.74) is 4.96. The number of fused-ring (bicyclic) bond motifs is 1. The van der Waals surface area contributed by atoms with Crippen molar-refractivity contribution in [1.29, 1.82) is 0 Å². The van der Waals surface area contributed by atoms with E-state index in [4.69, 9.17) is 0 Å². The predicted molar refractivity (Wildman–Crippen MR) is 109 cm³/mol. The van der Waals surface area contributed by atoms with Crippen molar-refractivity contribution >= 4 is 10.0 Å². The molecule has 4 heteroatoms. The average Bonchev–Trinajstić information content (AvgIpc) is 2.68. The maximum atomic E-state index is 13.1. The Balaban J connectivity index is 1.68. The van der Waals surface area contributed by atoms with E-state index in [1.165, 1.54) is 16.7 Å². The monoisotopic (exact) mass is 379 g/mol. The van der Waals surface area contributed by atoms with Crippen LogP contribution < -0.4 is 0 Å². The number of nitrogens with zero attached hydrogens (tertiary/aromatic N) is 1. The van der Waals surface area contributed by atoms with Crippen molar-refractivity contribution in [1.82, 2.24) is 4.31 Å². The van der Waals surface area contributed by atoms with Crippen LogP contribution in [0.5, 0.6) is 0 Å². The maximum Gasteiger partial charge on any atom is 0.243 e. The molecule has 0 saturated heterocycles. The molecular formula is C23H25NO2S. The van der Waals surface area contributed by atoms with Gasteiger partial charge in [-0.15, -0.1) is 0 Å². The first-order chi connectivity index (χ1) is 13.0. The second-order valence-corrected chi connectivity index (χ2v) is 9.52. The van der Waals surface area contributed by atoms with E-state index in [1.54, 1.807) is 16.4 Å². The minimum absolute atomic E-state index is 0.151. The molecule has 0 fully saturated rings. The van der Waals surface area contributed by atoms with Gasteiger partial charge < -0.3 is 0 Å². The summed E-state index contributed by atoms with van der Waals surface area (Å²) in [7, 11) is -3.48. The Morgan fingerprint density at radius 1 is 0.963 bits per heavy atom. The highest BCUT2D eigenvalue weighted by Crippen LogP contribution is 2.42. The van der Waals surface area contributed by atoms with Crippen LogP contribution in [-0.2, 0) is 10.0 Å². The number of hydrogen-bond donors (Lipinski definition) is 0. The van der Waals surface area contributed by atoms with Gasteiger partial charge in [-0.1, -0.05) is 71.3 Å². The third-order valence-corrected chi connectivity index (χ3v) is 7.51. The summed E-state index contributed by atoms with van der Waals surface area (Å²) < 4.78 is 27.9. The molecule has 4 rings (SSSR count). The molecule has 3 nitrogen and oxygen atoms in total. The normalized spacial score (nSPS) is 23.3. The fraction of sp³-hybridized carbons (Fsp3) is 0.304. The highest BCUT2D eigenvalue weighted by Gasteiger charge is 2.36. The standard InChI is InChI=1S/C23H25NO2S/c1-17-11-13-21(14-12-17)27(25,26)24-15-18(2)23-20(16-24)9-6-10-22(23)19-7-4-3-5-8-19/h3-9,11-14,20,22H,10,15-16H2,1-2H3/t20-,22-/m0/s1. The van der Waals surface area contributed by atoms with Gasteiger partial charge in [-0.3, -0.25) is 0 Å². The largest absolute Gasteiger partial charge is 0.243 e.